The standard InChI is InChI=1S/C22H19F4N5O4/c1-13-2-3-14(20-29-19(35-30-20)11-33-6-7-34-12-22(24,25)26)8-16(13)28-21(32)17-9-27-18-5-4-15(23)10-31(17)18/h2-5,8-10H,6-7,11-12H2,1H3,(H,28,32). The maximum atomic E-state index is 13.6. The highest BCUT2D eigenvalue weighted by Crippen LogP contribution is 2.24. The van der Waals surface area contributed by atoms with Gasteiger partial charge in [-0.3, -0.25) is 9.20 Å². The van der Waals surface area contributed by atoms with E-state index in [1.807, 2.05) is 0 Å². The first kappa shape index (κ1) is 24.3. The number of nitrogens with one attached hydrogen (secondary N) is 1. The number of alkyl halides is 3. The van der Waals surface area contributed by atoms with Crippen molar-refractivity contribution in [3.8, 4) is 11.4 Å². The van der Waals surface area contributed by atoms with Gasteiger partial charge in [0, 0.05) is 17.4 Å². The van der Waals surface area contributed by atoms with Crippen molar-refractivity contribution in [1.29, 1.82) is 0 Å². The number of ether oxygens (including phenoxy) is 2. The van der Waals surface area contributed by atoms with Crippen molar-refractivity contribution in [2.75, 3.05) is 25.1 Å². The Labute approximate surface area is 195 Å². The van der Waals surface area contributed by atoms with Crippen LogP contribution in [-0.2, 0) is 16.1 Å². The zero-order valence-corrected chi connectivity index (χ0v) is 18.3. The number of fused-ring (bicyclic) bond motifs is 1. The van der Waals surface area contributed by atoms with E-state index >= 15 is 0 Å². The number of halogens is 4. The van der Waals surface area contributed by atoms with Gasteiger partial charge in [0.1, 0.15) is 30.4 Å². The molecule has 1 N–H and O–H groups in total. The number of amides is 1. The van der Waals surface area contributed by atoms with Gasteiger partial charge in [-0.2, -0.15) is 18.2 Å². The number of aromatic nitrogens is 4. The predicted molar refractivity (Wildman–Crippen MR) is 114 cm³/mol. The molecule has 13 heteroatoms. The number of aryl methyl sites for hydroxylation is 1. The molecule has 3 aromatic heterocycles. The zero-order chi connectivity index (χ0) is 25.0. The average Bonchev–Trinajstić information content (AvgIpc) is 3.44. The second-order valence-corrected chi connectivity index (χ2v) is 7.43. The molecule has 0 unspecified atom stereocenters. The lowest BCUT2D eigenvalue weighted by Crippen LogP contribution is -2.18. The molecule has 0 saturated heterocycles. The van der Waals surface area contributed by atoms with Gasteiger partial charge in [-0.25, -0.2) is 9.37 Å². The number of benzene rings is 1. The SMILES string of the molecule is Cc1ccc(-c2noc(COCCOCC(F)(F)F)n2)cc1NC(=O)c1cnc2ccc(F)cn12. The van der Waals surface area contributed by atoms with Gasteiger partial charge in [0.05, 0.1) is 19.4 Å². The summed E-state index contributed by atoms with van der Waals surface area (Å²) in [7, 11) is 0. The maximum Gasteiger partial charge on any atom is 0.411 e. The highest BCUT2D eigenvalue weighted by Gasteiger charge is 2.27. The minimum Gasteiger partial charge on any atom is -0.370 e. The van der Waals surface area contributed by atoms with Gasteiger partial charge < -0.3 is 19.3 Å². The van der Waals surface area contributed by atoms with Crippen LogP contribution in [0.5, 0.6) is 0 Å². The van der Waals surface area contributed by atoms with Crippen LogP contribution >= 0.6 is 0 Å². The average molecular weight is 493 g/mol. The van der Waals surface area contributed by atoms with E-state index in [4.69, 9.17) is 9.26 Å². The van der Waals surface area contributed by atoms with Crippen molar-refractivity contribution in [3.63, 3.8) is 0 Å². The van der Waals surface area contributed by atoms with Gasteiger partial charge in [0.15, 0.2) is 0 Å². The van der Waals surface area contributed by atoms with Crippen LogP contribution in [0.1, 0.15) is 21.9 Å². The lowest BCUT2D eigenvalue weighted by molar-refractivity contribution is -0.176. The summed E-state index contributed by atoms with van der Waals surface area (Å²) >= 11 is 0. The van der Waals surface area contributed by atoms with Crippen molar-refractivity contribution in [2.45, 2.75) is 19.7 Å². The van der Waals surface area contributed by atoms with Gasteiger partial charge in [-0.15, -0.1) is 0 Å². The van der Waals surface area contributed by atoms with E-state index in [-0.39, 0.29) is 37.2 Å². The summed E-state index contributed by atoms with van der Waals surface area (Å²) in [4.78, 5) is 21.1. The third-order valence-corrected chi connectivity index (χ3v) is 4.78. The second-order valence-electron chi connectivity index (χ2n) is 7.43. The predicted octanol–water partition coefficient (Wildman–Crippen LogP) is 4.18. The van der Waals surface area contributed by atoms with E-state index in [0.29, 0.717) is 16.9 Å². The Morgan fingerprint density at radius 3 is 2.77 bits per heavy atom. The van der Waals surface area contributed by atoms with E-state index in [9.17, 15) is 22.4 Å². The normalized spacial score (nSPS) is 11.8. The van der Waals surface area contributed by atoms with Gasteiger partial charge in [0.25, 0.3) is 11.8 Å². The molecule has 1 amide bonds. The summed E-state index contributed by atoms with van der Waals surface area (Å²) in [6, 6.07) is 7.85. The molecule has 4 rings (SSSR count). The summed E-state index contributed by atoms with van der Waals surface area (Å²) in [5.41, 5.74) is 2.35. The lowest BCUT2D eigenvalue weighted by Gasteiger charge is -2.09. The summed E-state index contributed by atoms with van der Waals surface area (Å²) in [6.45, 7) is 0.0242. The molecule has 35 heavy (non-hydrogen) atoms. The molecule has 0 aliphatic carbocycles. The number of pyridine rings is 1. The van der Waals surface area contributed by atoms with Crippen LogP contribution in [0.3, 0.4) is 0 Å². The third kappa shape index (κ3) is 6.19. The number of hydrogen-bond acceptors (Lipinski definition) is 7. The molecule has 184 valence electrons. The van der Waals surface area contributed by atoms with E-state index in [0.717, 1.165) is 5.56 Å². The van der Waals surface area contributed by atoms with Crippen molar-refractivity contribution in [2.24, 2.45) is 0 Å². The van der Waals surface area contributed by atoms with E-state index in [1.54, 1.807) is 25.1 Å². The van der Waals surface area contributed by atoms with Crippen molar-refractivity contribution in [1.82, 2.24) is 19.5 Å². The van der Waals surface area contributed by atoms with Gasteiger partial charge in [0.2, 0.25) is 5.82 Å². The van der Waals surface area contributed by atoms with E-state index in [2.05, 4.69) is 25.2 Å². The summed E-state index contributed by atoms with van der Waals surface area (Å²) < 4.78 is 65.8. The van der Waals surface area contributed by atoms with Crippen LogP contribution in [0.2, 0.25) is 0 Å². The molecule has 0 atom stereocenters. The maximum absolute atomic E-state index is 13.6. The first-order valence-electron chi connectivity index (χ1n) is 10.3. The Balaban J connectivity index is 1.39. The van der Waals surface area contributed by atoms with Gasteiger partial charge in [-0.1, -0.05) is 17.3 Å². The number of nitrogens with zero attached hydrogens (tertiary/aromatic N) is 4. The number of carbonyl (C=O) groups excluding carboxylic acids is 1. The molecule has 0 spiro atoms. The molecule has 0 fully saturated rings. The molecule has 0 bridgehead atoms. The fourth-order valence-corrected chi connectivity index (χ4v) is 3.10. The molecule has 0 aliphatic heterocycles. The molecule has 4 aromatic rings. The Hall–Kier alpha value is -3.84. The van der Waals surface area contributed by atoms with Gasteiger partial charge in [-0.05, 0) is 30.7 Å². The molecular formula is C22H19F4N5O4. The van der Waals surface area contributed by atoms with Crippen LogP contribution < -0.4 is 5.32 Å². The highest BCUT2D eigenvalue weighted by molar-refractivity contribution is 6.04. The van der Waals surface area contributed by atoms with Gasteiger partial charge >= 0.3 is 6.18 Å². The zero-order valence-electron chi connectivity index (χ0n) is 18.3. The summed E-state index contributed by atoms with van der Waals surface area (Å²) in [5, 5.41) is 6.65. The molecule has 0 aliphatic rings. The number of anilines is 1. The monoisotopic (exact) mass is 493 g/mol. The number of rotatable bonds is 9. The van der Waals surface area contributed by atoms with Crippen LogP contribution in [0.4, 0.5) is 23.2 Å². The Morgan fingerprint density at radius 1 is 1.17 bits per heavy atom. The first-order valence-corrected chi connectivity index (χ1v) is 10.3. The third-order valence-electron chi connectivity index (χ3n) is 4.78. The summed E-state index contributed by atoms with van der Waals surface area (Å²) in [5.74, 6) is -0.647. The second kappa shape index (κ2) is 10.2. The van der Waals surface area contributed by atoms with Crippen LogP contribution in [0.15, 0.2) is 47.2 Å². The van der Waals surface area contributed by atoms with Crippen molar-refractivity contribution in [3.05, 3.63) is 65.7 Å². The van der Waals surface area contributed by atoms with Crippen molar-refractivity contribution < 1.29 is 36.4 Å². The van der Waals surface area contributed by atoms with E-state index < -0.39 is 24.5 Å². The smallest absolute Gasteiger partial charge is 0.370 e. The summed E-state index contributed by atoms with van der Waals surface area (Å²) in [6.07, 6.45) is -1.87. The fraction of sp³-hybridized carbons (Fsp3) is 0.273. The number of imidazole rings is 1. The Morgan fingerprint density at radius 2 is 1.97 bits per heavy atom. The van der Waals surface area contributed by atoms with Crippen molar-refractivity contribution >= 4 is 17.2 Å². The Kier molecular flexibility index (Phi) is 7.07. The fourth-order valence-electron chi connectivity index (χ4n) is 3.10. The topological polar surface area (TPSA) is 104 Å². The van der Waals surface area contributed by atoms with Crippen LogP contribution in [0, 0.1) is 12.7 Å². The molecule has 9 nitrogen and oxygen atoms in total. The largest absolute Gasteiger partial charge is 0.411 e. The molecular weight excluding hydrogens is 474 g/mol. The number of hydrogen-bond donors (Lipinski definition) is 1. The first-order chi connectivity index (χ1) is 16.7. The van der Waals surface area contributed by atoms with E-state index in [1.165, 1.54) is 28.9 Å². The molecule has 0 radical (unpaired) electrons. The van der Waals surface area contributed by atoms with Crippen LogP contribution in [-0.4, -0.2) is 51.4 Å². The molecule has 1 aromatic carbocycles. The Bertz CT molecular complexity index is 1340. The minimum atomic E-state index is -4.39. The molecule has 0 saturated carbocycles. The highest BCUT2D eigenvalue weighted by atomic mass is 19.4. The molecule has 3 heterocycles. The lowest BCUT2D eigenvalue weighted by atomic mass is 10.1. The number of carbonyl (C=O) groups is 1. The quantitative estimate of drug-likeness (QED) is 0.276. The minimum absolute atomic E-state index is 0.0817. The van der Waals surface area contributed by atoms with Crippen LogP contribution in [0.25, 0.3) is 17.0 Å².